The summed E-state index contributed by atoms with van der Waals surface area (Å²) in [6, 6.07) is 0. The van der Waals surface area contributed by atoms with E-state index in [1.165, 1.54) is 0 Å². The van der Waals surface area contributed by atoms with Crippen molar-refractivity contribution in [1.29, 1.82) is 0 Å². The predicted molar refractivity (Wildman–Crippen MR) is 62.3 cm³/mol. The summed E-state index contributed by atoms with van der Waals surface area (Å²) >= 11 is 0. The van der Waals surface area contributed by atoms with Gasteiger partial charge < -0.3 is 14.2 Å². The van der Waals surface area contributed by atoms with Crippen LogP contribution in [0.1, 0.15) is 33.6 Å². The van der Waals surface area contributed by atoms with Crippen LogP contribution in [-0.4, -0.2) is 47.4 Å². The van der Waals surface area contributed by atoms with Crippen LogP contribution in [-0.2, 0) is 19.0 Å². The first-order chi connectivity index (χ1) is 8.73. The van der Waals surface area contributed by atoms with Crippen LogP contribution in [0.4, 0.5) is 9.59 Å². The van der Waals surface area contributed by atoms with Crippen LogP contribution in [0.3, 0.4) is 0 Å². The van der Waals surface area contributed by atoms with Crippen molar-refractivity contribution in [3.8, 4) is 0 Å². The molecule has 2 fully saturated rings. The molecule has 2 aliphatic rings. The molecule has 19 heavy (non-hydrogen) atoms. The van der Waals surface area contributed by atoms with E-state index in [1.807, 2.05) is 0 Å². The van der Waals surface area contributed by atoms with Crippen molar-refractivity contribution < 1.29 is 28.6 Å². The highest BCUT2D eigenvalue weighted by Crippen LogP contribution is 2.31. The van der Waals surface area contributed by atoms with Crippen molar-refractivity contribution in [2.24, 2.45) is 0 Å². The highest BCUT2D eigenvalue weighted by molar-refractivity contribution is 5.96. The van der Waals surface area contributed by atoms with Gasteiger partial charge in [0.15, 0.2) is 0 Å². The molecule has 0 aromatic heterocycles. The number of carbonyl (C=O) groups is 3. The SMILES string of the molecule is CC(C)(C)OC(=O)N1CC2(OCCCC2=O)OC1=O. The Balaban J connectivity index is 2.11. The number of ether oxygens (including phenoxy) is 3. The first kappa shape index (κ1) is 13.8. The molecular formula is C12H17NO6. The molecule has 2 amide bonds. The van der Waals surface area contributed by atoms with Gasteiger partial charge in [0.25, 0.3) is 5.79 Å². The second kappa shape index (κ2) is 4.48. The molecule has 1 spiro atoms. The Morgan fingerprint density at radius 2 is 2.05 bits per heavy atom. The maximum absolute atomic E-state index is 11.8. The van der Waals surface area contributed by atoms with Crippen LogP contribution >= 0.6 is 0 Å². The van der Waals surface area contributed by atoms with E-state index in [4.69, 9.17) is 14.2 Å². The Kier molecular flexibility index (Phi) is 3.25. The van der Waals surface area contributed by atoms with Crippen LogP contribution < -0.4 is 0 Å². The molecule has 2 aliphatic heterocycles. The van der Waals surface area contributed by atoms with E-state index in [0.29, 0.717) is 13.0 Å². The average Bonchev–Trinajstić information content (AvgIpc) is 2.59. The Bertz CT molecular complexity index is 426. The molecular weight excluding hydrogens is 254 g/mol. The van der Waals surface area contributed by atoms with Crippen molar-refractivity contribution >= 4 is 18.0 Å². The molecule has 0 aromatic rings. The van der Waals surface area contributed by atoms with Gasteiger partial charge >= 0.3 is 12.2 Å². The molecule has 2 rings (SSSR count). The minimum Gasteiger partial charge on any atom is -0.443 e. The second-order valence-corrected chi connectivity index (χ2v) is 5.56. The van der Waals surface area contributed by atoms with Gasteiger partial charge in [-0.1, -0.05) is 0 Å². The van der Waals surface area contributed by atoms with Crippen molar-refractivity contribution in [2.75, 3.05) is 13.2 Å². The second-order valence-electron chi connectivity index (χ2n) is 5.56. The van der Waals surface area contributed by atoms with Gasteiger partial charge in [-0.15, -0.1) is 0 Å². The van der Waals surface area contributed by atoms with Gasteiger partial charge in [0.2, 0.25) is 5.78 Å². The zero-order valence-electron chi connectivity index (χ0n) is 11.2. The zero-order chi connectivity index (χ0) is 14.3. The number of hydrogen-bond donors (Lipinski definition) is 0. The predicted octanol–water partition coefficient (Wildman–Crippen LogP) is 1.45. The van der Waals surface area contributed by atoms with E-state index in [1.54, 1.807) is 20.8 Å². The molecule has 0 N–H and O–H groups in total. The standard InChI is InChI=1S/C12H17NO6/c1-11(2,3)18-9(15)13-7-12(19-10(13)16)8(14)5-4-6-17-12/h4-7H2,1-3H3. The van der Waals surface area contributed by atoms with E-state index in [-0.39, 0.29) is 18.7 Å². The fourth-order valence-corrected chi connectivity index (χ4v) is 1.92. The number of nitrogens with zero attached hydrogens (tertiary/aromatic N) is 1. The first-order valence-corrected chi connectivity index (χ1v) is 6.14. The number of Topliss-reactive ketones (excluding diaryl/α,β-unsaturated/α-hetero) is 1. The summed E-state index contributed by atoms with van der Waals surface area (Å²) in [5.74, 6) is -1.95. The van der Waals surface area contributed by atoms with Crippen molar-refractivity contribution in [1.82, 2.24) is 4.90 Å². The smallest absolute Gasteiger partial charge is 0.422 e. The van der Waals surface area contributed by atoms with E-state index < -0.39 is 23.6 Å². The first-order valence-electron chi connectivity index (χ1n) is 6.14. The van der Waals surface area contributed by atoms with Gasteiger partial charge in [-0.05, 0) is 27.2 Å². The molecule has 0 saturated carbocycles. The summed E-state index contributed by atoms with van der Waals surface area (Å²) in [7, 11) is 0. The van der Waals surface area contributed by atoms with Gasteiger partial charge in [-0.2, -0.15) is 0 Å². The summed E-state index contributed by atoms with van der Waals surface area (Å²) in [4.78, 5) is 36.1. The Morgan fingerprint density at radius 3 is 2.63 bits per heavy atom. The molecule has 0 bridgehead atoms. The fraction of sp³-hybridized carbons (Fsp3) is 0.750. The van der Waals surface area contributed by atoms with Gasteiger partial charge in [0.05, 0.1) is 6.61 Å². The van der Waals surface area contributed by atoms with Gasteiger partial charge in [0.1, 0.15) is 12.1 Å². The minimum atomic E-state index is -1.63. The Labute approximate surface area is 110 Å². The molecule has 2 saturated heterocycles. The van der Waals surface area contributed by atoms with Gasteiger partial charge in [-0.25, -0.2) is 14.5 Å². The summed E-state index contributed by atoms with van der Waals surface area (Å²) in [6.45, 7) is 5.12. The van der Waals surface area contributed by atoms with Crippen molar-refractivity contribution in [2.45, 2.75) is 45.0 Å². The van der Waals surface area contributed by atoms with Crippen LogP contribution in [0.15, 0.2) is 0 Å². The van der Waals surface area contributed by atoms with E-state index >= 15 is 0 Å². The largest absolute Gasteiger partial charge is 0.443 e. The number of amides is 2. The monoisotopic (exact) mass is 271 g/mol. The van der Waals surface area contributed by atoms with Gasteiger partial charge in [-0.3, -0.25) is 4.79 Å². The number of hydrogen-bond acceptors (Lipinski definition) is 6. The molecule has 0 aliphatic carbocycles. The van der Waals surface area contributed by atoms with Crippen molar-refractivity contribution in [3.05, 3.63) is 0 Å². The number of imide groups is 1. The van der Waals surface area contributed by atoms with Gasteiger partial charge in [0, 0.05) is 6.42 Å². The summed E-state index contributed by atoms with van der Waals surface area (Å²) in [5.41, 5.74) is -0.732. The molecule has 2 heterocycles. The lowest BCUT2D eigenvalue weighted by atomic mass is 10.0. The van der Waals surface area contributed by atoms with Crippen LogP contribution in [0.25, 0.3) is 0 Å². The summed E-state index contributed by atoms with van der Waals surface area (Å²) in [5, 5.41) is 0. The fourth-order valence-electron chi connectivity index (χ4n) is 1.92. The summed E-state index contributed by atoms with van der Waals surface area (Å²) in [6.07, 6.45) is -0.888. The maximum Gasteiger partial charge on any atom is 0.422 e. The number of rotatable bonds is 0. The quantitative estimate of drug-likeness (QED) is 0.663. The van der Waals surface area contributed by atoms with E-state index in [9.17, 15) is 14.4 Å². The maximum atomic E-state index is 11.8. The highest BCUT2D eigenvalue weighted by atomic mass is 16.7. The van der Waals surface area contributed by atoms with Crippen LogP contribution in [0.2, 0.25) is 0 Å². The normalized spacial score (nSPS) is 27.6. The molecule has 106 valence electrons. The van der Waals surface area contributed by atoms with Crippen molar-refractivity contribution in [3.63, 3.8) is 0 Å². The van der Waals surface area contributed by atoms with E-state index in [2.05, 4.69) is 0 Å². The zero-order valence-corrected chi connectivity index (χ0v) is 11.2. The Hall–Kier alpha value is -1.63. The minimum absolute atomic E-state index is 0.250. The third kappa shape index (κ3) is 2.70. The number of ketones is 1. The molecule has 7 heteroatoms. The highest BCUT2D eigenvalue weighted by Gasteiger charge is 2.55. The lowest BCUT2D eigenvalue weighted by molar-refractivity contribution is -0.200. The number of carbonyl (C=O) groups excluding carboxylic acids is 3. The lowest BCUT2D eigenvalue weighted by Gasteiger charge is -2.29. The topological polar surface area (TPSA) is 82.1 Å². The van der Waals surface area contributed by atoms with E-state index in [0.717, 1.165) is 4.90 Å². The Morgan fingerprint density at radius 1 is 1.37 bits per heavy atom. The average molecular weight is 271 g/mol. The summed E-state index contributed by atoms with van der Waals surface area (Å²) < 4.78 is 15.3. The molecule has 1 unspecified atom stereocenters. The van der Waals surface area contributed by atoms with Crippen LogP contribution in [0, 0.1) is 0 Å². The molecule has 7 nitrogen and oxygen atoms in total. The molecule has 0 aromatic carbocycles. The van der Waals surface area contributed by atoms with Crippen LogP contribution in [0.5, 0.6) is 0 Å². The third-order valence-corrected chi connectivity index (χ3v) is 2.76. The lowest BCUT2D eigenvalue weighted by Crippen LogP contribution is -2.49. The molecule has 1 atom stereocenters. The molecule has 0 radical (unpaired) electrons. The third-order valence-electron chi connectivity index (χ3n) is 2.76.